The Morgan fingerprint density at radius 3 is 2.52 bits per heavy atom. The summed E-state index contributed by atoms with van der Waals surface area (Å²) in [6.07, 6.45) is 0. The molecule has 11 heteroatoms. The van der Waals surface area contributed by atoms with E-state index < -0.39 is 32.3 Å². The summed E-state index contributed by atoms with van der Waals surface area (Å²) in [5, 5.41) is 12.9. The van der Waals surface area contributed by atoms with E-state index in [1.54, 1.807) is 26.2 Å². The van der Waals surface area contributed by atoms with Crippen LogP contribution >= 0.6 is 23.1 Å². The largest absolute Gasteiger partial charge is 0.459 e. The molecule has 1 aromatic heterocycles. The molecule has 0 aliphatic carbocycles. The number of rotatable bonds is 9. The first kappa shape index (κ1) is 23.3. The number of hydrogen-bond acceptors (Lipinski definition) is 8. The first-order valence-corrected chi connectivity index (χ1v) is 12.1. The molecule has 0 spiro atoms. The van der Waals surface area contributed by atoms with Crippen LogP contribution in [-0.2, 0) is 31.9 Å². The SMILES string of the molecule is CC(C)(C)OC(=O)CS(=O)(=O)NCc1csc([N+](=O)[O-])c1SCc1ccccc1. The van der Waals surface area contributed by atoms with Crippen molar-refractivity contribution in [2.45, 2.75) is 43.6 Å². The highest BCUT2D eigenvalue weighted by molar-refractivity contribution is 7.98. The van der Waals surface area contributed by atoms with Crippen molar-refractivity contribution >= 4 is 44.1 Å². The number of nitrogens with zero attached hydrogens (tertiary/aromatic N) is 1. The number of benzene rings is 1. The molecule has 1 N–H and O–H groups in total. The Bertz CT molecular complexity index is 965. The van der Waals surface area contributed by atoms with E-state index in [-0.39, 0.29) is 11.5 Å². The van der Waals surface area contributed by atoms with Gasteiger partial charge in [-0.1, -0.05) is 41.7 Å². The summed E-state index contributed by atoms with van der Waals surface area (Å²) in [5.41, 5.74) is 0.701. The Morgan fingerprint density at radius 2 is 1.93 bits per heavy atom. The van der Waals surface area contributed by atoms with Crippen molar-refractivity contribution in [3.05, 3.63) is 57.0 Å². The fourth-order valence-electron chi connectivity index (χ4n) is 2.27. The van der Waals surface area contributed by atoms with Crippen molar-refractivity contribution in [2.24, 2.45) is 0 Å². The van der Waals surface area contributed by atoms with Gasteiger partial charge in [-0.25, -0.2) is 13.1 Å². The minimum absolute atomic E-state index is 0.0349. The lowest BCUT2D eigenvalue weighted by Gasteiger charge is -2.19. The van der Waals surface area contributed by atoms with Crippen molar-refractivity contribution < 1.29 is 22.9 Å². The minimum Gasteiger partial charge on any atom is -0.459 e. The van der Waals surface area contributed by atoms with E-state index in [4.69, 9.17) is 4.74 Å². The number of thiophene rings is 1. The fraction of sp³-hybridized carbons (Fsp3) is 0.389. The molecule has 0 unspecified atom stereocenters. The molecule has 0 atom stereocenters. The van der Waals surface area contributed by atoms with Gasteiger partial charge < -0.3 is 4.74 Å². The molecule has 8 nitrogen and oxygen atoms in total. The normalized spacial score (nSPS) is 12.0. The molecule has 158 valence electrons. The average molecular weight is 459 g/mol. The lowest BCUT2D eigenvalue weighted by molar-refractivity contribution is -0.382. The third-order valence-electron chi connectivity index (χ3n) is 3.40. The maximum absolute atomic E-state index is 12.2. The Hall–Kier alpha value is -1.95. The first-order chi connectivity index (χ1) is 13.5. The Kier molecular flexibility index (Phi) is 7.80. The van der Waals surface area contributed by atoms with Crippen molar-refractivity contribution in [3.8, 4) is 0 Å². The van der Waals surface area contributed by atoms with Gasteiger partial charge in [0.15, 0.2) is 5.75 Å². The molecule has 0 aliphatic heterocycles. The maximum atomic E-state index is 12.2. The van der Waals surface area contributed by atoms with Gasteiger partial charge in [-0.2, -0.15) is 0 Å². The summed E-state index contributed by atoms with van der Waals surface area (Å²) in [6.45, 7) is 4.79. The number of ether oxygens (including phenoxy) is 1. The molecule has 0 aliphatic rings. The second-order valence-corrected chi connectivity index (χ2v) is 10.7. The first-order valence-electron chi connectivity index (χ1n) is 8.57. The summed E-state index contributed by atoms with van der Waals surface area (Å²) in [4.78, 5) is 23.0. The minimum atomic E-state index is -3.95. The smallest absolute Gasteiger partial charge is 0.337 e. The van der Waals surface area contributed by atoms with E-state index in [9.17, 15) is 23.3 Å². The lowest BCUT2D eigenvalue weighted by Crippen LogP contribution is -2.34. The number of sulfonamides is 1. The van der Waals surface area contributed by atoms with Crippen LogP contribution in [-0.4, -0.2) is 30.7 Å². The van der Waals surface area contributed by atoms with Crippen LogP contribution in [0.4, 0.5) is 5.00 Å². The van der Waals surface area contributed by atoms with Crippen LogP contribution in [0.15, 0.2) is 40.6 Å². The summed E-state index contributed by atoms with van der Waals surface area (Å²) >= 11 is 2.22. The van der Waals surface area contributed by atoms with Gasteiger partial charge in [0.25, 0.3) is 0 Å². The highest BCUT2D eigenvalue weighted by Gasteiger charge is 2.25. The quantitative estimate of drug-likeness (QED) is 0.263. The zero-order valence-electron chi connectivity index (χ0n) is 16.2. The predicted octanol–water partition coefficient (Wildman–Crippen LogP) is 3.71. The zero-order valence-corrected chi connectivity index (χ0v) is 18.7. The van der Waals surface area contributed by atoms with E-state index in [0.717, 1.165) is 16.9 Å². The molecule has 0 amide bonds. The van der Waals surface area contributed by atoms with E-state index >= 15 is 0 Å². The number of esters is 1. The molecule has 0 radical (unpaired) electrons. The number of hydrogen-bond donors (Lipinski definition) is 1. The molecule has 0 fully saturated rings. The highest BCUT2D eigenvalue weighted by Crippen LogP contribution is 2.39. The number of carbonyl (C=O) groups is 1. The second-order valence-electron chi connectivity index (χ2n) is 7.09. The van der Waals surface area contributed by atoms with Crippen LogP contribution in [0.25, 0.3) is 0 Å². The van der Waals surface area contributed by atoms with Crippen LogP contribution in [0.5, 0.6) is 0 Å². The molecule has 0 saturated carbocycles. The second kappa shape index (κ2) is 9.70. The number of thioether (sulfide) groups is 1. The van der Waals surface area contributed by atoms with Gasteiger partial charge in [-0.05, 0) is 31.9 Å². The van der Waals surface area contributed by atoms with Gasteiger partial charge >= 0.3 is 11.0 Å². The number of carbonyl (C=O) groups excluding carboxylic acids is 1. The van der Waals surface area contributed by atoms with Gasteiger partial charge in [0, 0.05) is 17.7 Å². The maximum Gasteiger partial charge on any atom is 0.337 e. The molecule has 2 rings (SSSR count). The predicted molar refractivity (Wildman–Crippen MR) is 113 cm³/mol. The monoisotopic (exact) mass is 458 g/mol. The summed E-state index contributed by atoms with van der Waals surface area (Å²) in [5.74, 6) is -1.17. The molecular formula is C18H22N2O6S3. The average Bonchev–Trinajstić information content (AvgIpc) is 3.00. The van der Waals surface area contributed by atoms with Crippen molar-refractivity contribution in [1.29, 1.82) is 0 Å². The summed E-state index contributed by atoms with van der Waals surface area (Å²) in [6, 6.07) is 9.46. The van der Waals surface area contributed by atoms with Crippen LogP contribution < -0.4 is 4.72 Å². The summed E-state index contributed by atoms with van der Waals surface area (Å²) < 4.78 is 31.7. The molecular weight excluding hydrogens is 436 g/mol. The van der Waals surface area contributed by atoms with Crippen molar-refractivity contribution in [1.82, 2.24) is 4.72 Å². The van der Waals surface area contributed by atoms with Gasteiger partial charge in [0.1, 0.15) is 10.5 Å². The Balaban J connectivity index is 2.08. The van der Waals surface area contributed by atoms with Crippen molar-refractivity contribution in [3.63, 3.8) is 0 Å². The van der Waals surface area contributed by atoms with E-state index in [0.29, 0.717) is 16.2 Å². The van der Waals surface area contributed by atoms with Crippen LogP contribution in [0.3, 0.4) is 0 Å². The van der Waals surface area contributed by atoms with Gasteiger partial charge in [0.05, 0.1) is 4.92 Å². The Morgan fingerprint density at radius 1 is 1.28 bits per heavy atom. The topological polar surface area (TPSA) is 116 Å². The Labute approximate surface area is 177 Å². The van der Waals surface area contributed by atoms with E-state index in [2.05, 4.69) is 4.72 Å². The van der Waals surface area contributed by atoms with E-state index in [1.807, 2.05) is 30.3 Å². The standard InChI is InChI=1S/C18H22N2O6S3/c1-18(2,3)26-15(21)12-29(24,25)19-9-14-11-28-17(20(22)23)16(14)27-10-13-7-5-4-6-8-13/h4-8,11,19H,9-10,12H2,1-3H3. The number of nitrogens with one attached hydrogen (secondary N) is 1. The number of nitro groups is 1. The fourth-order valence-corrected chi connectivity index (χ4v) is 5.31. The van der Waals surface area contributed by atoms with Gasteiger partial charge in [-0.15, -0.1) is 11.8 Å². The molecule has 1 aromatic carbocycles. The van der Waals surface area contributed by atoms with Crippen LogP contribution in [0.2, 0.25) is 0 Å². The molecule has 0 saturated heterocycles. The molecule has 29 heavy (non-hydrogen) atoms. The third kappa shape index (κ3) is 7.77. The summed E-state index contributed by atoms with van der Waals surface area (Å²) in [7, 11) is -3.95. The van der Waals surface area contributed by atoms with Crippen LogP contribution in [0, 0.1) is 10.1 Å². The lowest BCUT2D eigenvalue weighted by atomic mass is 10.2. The zero-order chi connectivity index (χ0) is 21.7. The molecule has 2 aromatic rings. The highest BCUT2D eigenvalue weighted by atomic mass is 32.2. The van der Waals surface area contributed by atoms with Gasteiger partial charge in [0.2, 0.25) is 10.0 Å². The molecule has 0 bridgehead atoms. The van der Waals surface area contributed by atoms with Crippen LogP contribution in [0.1, 0.15) is 31.9 Å². The van der Waals surface area contributed by atoms with E-state index in [1.165, 1.54) is 11.8 Å². The third-order valence-corrected chi connectivity index (χ3v) is 6.93. The van der Waals surface area contributed by atoms with Crippen molar-refractivity contribution in [2.75, 3.05) is 5.75 Å². The van der Waals surface area contributed by atoms with Gasteiger partial charge in [-0.3, -0.25) is 14.9 Å². The molecule has 1 heterocycles.